The Hall–Kier alpha value is -0.561. The first-order valence-electron chi connectivity index (χ1n) is 5.51. The van der Waals surface area contributed by atoms with Crippen LogP contribution in [-0.2, 0) is 0 Å². The van der Waals surface area contributed by atoms with Crippen molar-refractivity contribution in [3.05, 3.63) is 40.4 Å². The van der Waals surface area contributed by atoms with E-state index < -0.39 is 0 Å². The second-order valence-corrected chi connectivity index (χ2v) is 5.72. The van der Waals surface area contributed by atoms with E-state index in [1.165, 1.54) is 11.1 Å². The molecule has 1 aliphatic heterocycles. The Morgan fingerprint density at radius 3 is 2.67 bits per heavy atom. The van der Waals surface area contributed by atoms with Gasteiger partial charge < -0.3 is 0 Å². The Kier molecular flexibility index (Phi) is 3.63. The normalized spacial score (nSPS) is 19.3. The monoisotopic (exact) mass is 267 g/mol. The first kappa shape index (κ1) is 10.9. The van der Waals surface area contributed by atoms with Gasteiger partial charge >= 0.3 is 98.2 Å². The third-order valence-electron chi connectivity index (χ3n) is 2.86. The minimum absolute atomic E-state index is 0.584. The fraction of sp³-hybridized carbons (Fsp3) is 0.385. The van der Waals surface area contributed by atoms with Crippen LogP contribution in [0.4, 0.5) is 0 Å². The summed E-state index contributed by atoms with van der Waals surface area (Å²) >= 11 is 0.584. The summed E-state index contributed by atoms with van der Waals surface area (Å²) in [6.07, 6.45) is 2.27. The Morgan fingerprint density at radius 1 is 1.20 bits per heavy atom. The number of nitrogens with zero attached hydrogens (tertiary/aromatic N) is 1. The van der Waals surface area contributed by atoms with Crippen LogP contribution >= 0.6 is 0 Å². The molecular weight excluding hydrogens is 249 g/mol. The number of benzene rings is 1. The zero-order valence-corrected chi connectivity index (χ0v) is 11.0. The van der Waals surface area contributed by atoms with E-state index in [1.807, 2.05) is 0 Å². The van der Waals surface area contributed by atoms with Gasteiger partial charge in [0.1, 0.15) is 0 Å². The molecule has 0 spiro atoms. The molecule has 0 radical (unpaired) electrons. The van der Waals surface area contributed by atoms with Crippen molar-refractivity contribution in [1.82, 2.24) is 4.90 Å². The molecule has 0 aliphatic carbocycles. The van der Waals surface area contributed by atoms with Crippen molar-refractivity contribution in [2.24, 2.45) is 0 Å². The molecule has 2 heteroatoms. The summed E-state index contributed by atoms with van der Waals surface area (Å²) in [5.41, 5.74) is 2.92. The number of fused-ring (bicyclic) bond motifs is 1. The van der Waals surface area contributed by atoms with Crippen molar-refractivity contribution in [3.8, 4) is 0 Å². The summed E-state index contributed by atoms with van der Waals surface area (Å²) in [5, 5.41) is 0. The van der Waals surface area contributed by atoms with Crippen molar-refractivity contribution >= 4 is 21.0 Å². The molecule has 0 bridgehead atoms. The predicted molar refractivity (Wildman–Crippen MR) is 66.9 cm³/mol. The summed E-state index contributed by atoms with van der Waals surface area (Å²) in [4.78, 5) is 5.56. The van der Waals surface area contributed by atoms with Gasteiger partial charge in [0.25, 0.3) is 0 Å². The average Bonchev–Trinajstić information content (AvgIpc) is 2.31. The van der Waals surface area contributed by atoms with Gasteiger partial charge in [-0.2, -0.15) is 0 Å². The van der Waals surface area contributed by atoms with Crippen molar-refractivity contribution in [1.29, 1.82) is 0 Å². The van der Waals surface area contributed by atoms with Gasteiger partial charge in [-0.1, -0.05) is 0 Å². The molecule has 1 aromatic rings. The van der Waals surface area contributed by atoms with Crippen LogP contribution in [0.25, 0.3) is 6.08 Å². The Balaban J connectivity index is 2.33. The zero-order chi connectivity index (χ0) is 10.7. The molecule has 0 fully saturated rings. The van der Waals surface area contributed by atoms with Crippen LogP contribution in [0.3, 0.4) is 0 Å². The molecule has 0 saturated heterocycles. The van der Waals surface area contributed by atoms with Gasteiger partial charge in [0.05, 0.1) is 0 Å². The molecule has 1 aromatic carbocycles. The van der Waals surface area contributed by atoms with Crippen LogP contribution in [0, 0.1) is 0 Å². The fourth-order valence-electron chi connectivity index (χ4n) is 1.99. The fourth-order valence-corrected chi connectivity index (χ4v) is 4.52. The zero-order valence-electron chi connectivity index (χ0n) is 9.31. The molecule has 1 unspecified atom stereocenters. The van der Waals surface area contributed by atoms with Crippen LogP contribution in [0.2, 0.25) is 0 Å². The Bertz CT molecular complexity index is 355. The summed E-state index contributed by atoms with van der Waals surface area (Å²) in [5.74, 6) is 0. The van der Waals surface area contributed by atoms with Crippen molar-refractivity contribution in [2.75, 3.05) is 13.1 Å². The maximum atomic E-state index is 2.56. The third kappa shape index (κ3) is 2.17. The molecule has 1 atom stereocenters. The average molecular weight is 266 g/mol. The van der Waals surface area contributed by atoms with Gasteiger partial charge in [-0.3, -0.25) is 0 Å². The second kappa shape index (κ2) is 4.98. The summed E-state index contributed by atoms with van der Waals surface area (Å²) in [7, 11) is 0. The van der Waals surface area contributed by atoms with Gasteiger partial charge in [0.2, 0.25) is 0 Å². The SMILES string of the molecule is CCN(CC)C1[Se]C=Cc2ccccc21. The van der Waals surface area contributed by atoms with E-state index in [4.69, 9.17) is 0 Å². The van der Waals surface area contributed by atoms with Gasteiger partial charge in [-0.25, -0.2) is 0 Å². The van der Waals surface area contributed by atoms with Crippen molar-refractivity contribution in [3.63, 3.8) is 0 Å². The molecule has 0 amide bonds. The molecule has 0 saturated carbocycles. The van der Waals surface area contributed by atoms with E-state index in [2.05, 4.69) is 54.1 Å². The quantitative estimate of drug-likeness (QED) is 0.760. The molecule has 0 aromatic heterocycles. The van der Waals surface area contributed by atoms with Crippen molar-refractivity contribution in [2.45, 2.75) is 18.8 Å². The van der Waals surface area contributed by atoms with Gasteiger partial charge in [0, 0.05) is 0 Å². The molecule has 0 N–H and O–H groups in total. The predicted octanol–water partition coefficient (Wildman–Crippen LogP) is 2.72. The standard InChI is InChI=1S/C13H17NSe/c1-3-14(4-2)13-12-8-6-5-7-11(12)9-10-15-13/h5-10,13H,3-4H2,1-2H3. The van der Waals surface area contributed by atoms with E-state index in [1.54, 1.807) is 0 Å². The first-order chi connectivity index (χ1) is 7.36. The van der Waals surface area contributed by atoms with Gasteiger partial charge in [-0.05, 0) is 0 Å². The van der Waals surface area contributed by atoms with E-state index in [-0.39, 0.29) is 0 Å². The molecule has 2 rings (SSSR count). The minimum atomic E-state index is 0.584. The summed E-state index contributed by atoms with van der Waals surface area (Å²) < 4.78 is 0. The Labute approximate surface area is 98.3 Å². The maximum absolute atomic E-state index is 2.56. The van der Waals surface area contributed by atoms with E-state index >= 15 is 0 Å². The topological polar surface area (TPSA) is 3.24 Å². The third-order valence-corrected chi connectivity index (χ3v) is 5.18. The summed E-state index contributed by atoms with van der Waals surface area (Å²) in [6, 6.07) is 8.78. The molecular formula is C13H17NSe. The van der Waals surface area contributed by atoms with Gasteiger partial charge in [0.15, 0.2) is 0 Å². The van der Waals surface area contributed by atoms with Crippen LogP contribution in [0.5, 0.6) is 0 Å². The first-order valence-corrected chi connectivity index (χ1v) is 7.49. The Morgan fingerprint density at radius 2 is 1.93 bits per heavy atom. The molecule has 80 valence electrons. The van der Waals surface area contributed by atoms with Crippen LogP contribution in [-0.4, -0.2) is 32.9 Å². The molecule has 1 heterocycles. The molecule has 1 aliphatic rings. The van der Waals surface area contributed by atoms with Crippen LogP contribution < -0.4 is 0 Å². The van der Waals surface area contributed by atoms with E-state index in [0.29, 0.717) is 19.9 Å². The van der Waals surface area contributed by atoms with Gasteiger partial charge in [-0.15, -0.1) is 0 Å². The van der Waals surface area contributed by atoms with E-state index in [0.717, 1.165) is 13.1 Å². The molecule has 15 heavy (non-hydrogen) atoms. The molecule has 1 nitrogen and oxygen atoms in total. The number of hydrogen-bond acceptors (Lipinski definition) is 1. The van der Waals surface area contributed by atoms with E-state index in [9.17, 15) is 0 Å². The second-order valence-electron chi connectivity index (χ2n) is 3.64. The number of hydrogen-bond donors (Lipinski definition) is 0. The van der Waals surface area contributed by atoms with Crippen LogP contribution in [0.1, 0.15) is 29.9 Å². The van der Waals surface area contributed by atoms with Crippen LogP contribution in [0.15, 0.2) is 29.2 Å². The summed E-state index contributed by atoms with van der Waals surface area (Å²) in [6.45, 7) is 6.79. The number of rotatable bonds is 3. The van der Waals surface area contributed by atoms with Crippen molar-refractivity contribution < 1.29 is 0 Å².